The van der Waals surface area contributed by atoms with Crippen LogP contribution in [0.15, 0.2) is 4.52 Å². The summed E-state index contributed by atoms with van der Waals surface area (Å²) in [5, 5.41) is 4.01. The molecule has 3 aliphatic rings. The van der Waals surface area contributed by atoms with Crippen LogP contribution in [0.25, 0.3) is 0 Å². The van der Waals surface area contributed by atoms with Crippen molar-refractivity contribution in [1.29, 1.82) is 0 Å². The minimum atomic E-state index is -0.150. The molecule has 1 aliphatic carbocycles. The van der Waals surface area contributed by atoms with Crippen LogP contribution in [-0.2, 0) is 10.2 Å². The summed E-state index contributed by atoms with van der Waals surface area (Å²) in [7, 11) is 2.15. The van der Waals surface area contributed by atoms with Crippen molar-refractivity contribution in [2.75, 3.05) is 33.2 Å². The minimum absolute atomic E-state index is 0.150. The molecule has 6 heteroatoms. The maximum Gasteiger partial charge on any atom is 0.235 e. The van der Waals surface area contributed by atoms with E-state index in [1.165, 1.54) is 0 Å². The van der Waals surface area contributed by atoms with Gasteiger partial charge in [-0.05, 0) is 45.2 Å². The van der Waals surface area contributed by atoms with E-state index in [4.69, 9.17) is 4.52 Å². The summed E-state index contributed by atoms with van der Waals surface area (Å²) in [4.78, 5) is 22.0. The second kappa shape index (κ2) is 5.28. The highest BCUT2D eigenvalue weighted by molar-refractivity contribution is 5.80. The molecule has 2 aliphatic heterocycles. The van der Waals surface area contributed by atoms with Gasteiger partial charge in [-0.3, -0.25) is 4.79 Å². The van der Waals surface area contributed by atoms with Crippen molar-refractivity contribution < 1.29 is 9.32 Å². The fourth-order valence-electron chi connectivity index (χ4n) is 5.07. The van der Waals surface area contributed by atoms with Gasteiger partial charge in [0.2, 0.25) is 11.8 Å². The first-order chi connectivity index (χ1) is 11.3. The number of likely N-dealkylation sites (tertiary alicyclic amines) is 2. The number of carbonyl (C=O) groups is 1. The lowest BCUT2D eigenvalue weighted by molar-refractivity contribution is -0.141. The summed E-state index contributed by atoms with van der Waals surface area (Å²) in [6.45, 7) is 9.92. The Morgan fingerprint density at radius 2 is 2.04 bits per heavy atom. The molecule has 1 amide bonds. The highest BCUT2D eigenvalue weighted by Crippen LogP contribution is 2.49. The summed E-state index contributed by atoms with van der Waals surface area (Å²) in [5.74, 6) is 2.35. The number of piperidine rings is 1. The first-order valence-corrected chi connectivity index (χ1v) is 9.07. The molecule has 3 fully saturated rings. The van der Waals surface area contributed by atoms with Crippen LogP contribution in [0.4, 0.5) is 0 Å². The van der Waals surface area contributed by atoms with Gasteiger partial charge >= 0.3 is 0 Å². The van der Waals surface area contributed by atoms with Crippen LogP contribution in [0.1, 0.15) is 44.8 Å². The van der Waals surface area contributed by atoms with Crippen LogP contribution < -0.4 is 0 Å². The first-order valence-electron chi connectivity index (χ1n) is 9.07. The van der Waals surface area contributed by atoms with E-state index in [1.54, 1.807) is 0 Å². The number of aryl methyl sites for hydroxylation is 1. The lowest BCUT2D eigenvalue weighted by Gasteiger charge is -2.43. The Kier molecular flexibility index (Phi) is 3.53. The van der Waals surface area contributed by atoms with Crippen molar-refractivity contribution in [3.05, 3.63) is 11.7 Å². The van der Waals surface area contributed by atoms with E-state index in [-0.39, 0.29) is 11.3 Å². The van der Waals surface area contributed by atoms with Crippen LogP contribution in [0, 0.1) is 24.2 Å². The largest absolute Gasteiger partial charge is 0.341 e. The van der Waals surface area contributed by atoms with Crippen LogP contribution in [-0.4, -0.2) is 59.1 Å². The number of hydrogen-bond donors (Lipinski definition) is 0. The average Bonchev–Trinajstić information content (AvgIpc) is 3.08. The lowest BCUT2D eigenvalue weighted by Crippen LogP contribution is -2.48. The Bertz CT molecular complexity index is 647. The molecule has 4 rings (SSSR count). The normalized spacial score (nSPS) is 33.3. The fourth-order valence-corrected chi connectivity index (χ4v) is 5.07. The number of rotatable bonds is 2. The lowest BCUT2D eigenvalue weighted by atomic mass is 9.64. The van der Waals surface area contributed by atoms with Crippen molar-refractivity contribution in [3.63, 3.8) is 0 Å². The molecule has 132 valence electrons. The van der Waals surface area contributed by atoms with E-state index >= 15 is 0 Å². The minimum Gasteiger partial charge on any atom is -0.341 e. The zero-order valence-corrected chi connectivity index (χ0v) is 15.2. The predicted octanol–water partition coefficient (Wildman–Crippen LogP) is 1.85. The quantitative estimate of drug-likeness (QED) is 0.827. The van der Waals surface area contributed by atoms with E-state index in [0.717, 1.165) is 51.3 Å². The number of nitrogens with zero attached hydrogens (tertiary/aromatic N) is 4. The molecular weight excluding hydrogens is 304 g/mol. The second-order valence-corrected chi connectivity index (χ2v) is 9.00. The molecule has 6 nitrogen and oxygen atoms in total. The molecule has 1 aromatic heterocycles. The third-order valence-electron chi connectivity index (χ3n) is 6.38. The van der Waals surface area contributed by atoms with E-state index in [2.05, 4.69) is 40.8 Å². The monoisotopic (exact) mass is 332 g/mol. The van der Waals surface area contributed by atoms with Gasteiger partial charge < -0.3 is 14.3 Å². The van der Waals surface area contributed by atoms with Crippen LogP contribution in [0.5, 0.6) is 0 Å². The number of aromatic nitrogens is 2. The Hall–Kier alpha value is -1.43. The van der Waals surface area contributed by atoms with Gasteiger partial charge in [0, 0.05) is 31.5 Å². The van der Waals surface area contributed by atoms with Gasteiger partial charge in [0.1, 0.15) is 0 Å². The highest BCUT2D eigenvalue weighted by atomic mass is 16.5. The van der Waals surface area contributed by atoms with Crippen LogP contribution in [0.2, 0.25) is 0 Å². The van der Waals surface area contributed by atoms with Gasteiger partial charge in [-0.25, -0.2) is 0 Å². The maximum atomic E-state index is 13.0. The zero-order valence-electron chi connectivity index (χ0n) is 15.2. The molecule has 0 bridgehead atoms. The number of amides is 1. The zero-order chi connectivity index (χ0) is 17.1. The van der Waals surface area contributed by atoms with Gasteiger partial charge in [0.25, 0.3) is 0 Å². The van der Waals surface area contributed by atoms with Gasteiger partial charge in [-0.2, -0.15) is 4.98 Å². The van der Waals surface area contributed by atoms with E-state index < -0.39 is 0 Å². The van der Waals surface area contributed by atoms with Crippen molar-refractivity contribution in [1.82, 2.24) is 19.9 Å². The molecular formula is C18H28N4O2. The molecule has 0 unspecified atom stereocenters. The van der Waals surface area contributed by atoms with Crippen LogP contribution in [0.3, 0.4) is 0 Å². The number of fused-ring (bicyclic) bond motifs is 1. The first kappa shape index (κ1) is 16.1. The molecule has 0 radical (unpaired) electrons. The van der Waals surface area contributed by atoms with Gasteiger partial charge in [-0.1, -0.05) is 19.0 Å². The van der Waals surface area contributed by atoms with E-state index in [9.17, 15) is 4.79 Å². The smallest absolute Gasteiger partial charge is 0.235 e. The molecule has 0 spiro atoms. The third-order valence-corrected chi connectivity index (χ3v) is 6.38. The molecule has 1 aromatic rings. The SMILES string of the molecule is Cc1noc([C@]23CCN(C)C[C@H]2CN(C(=O)C2CC(C)(C)C2)C3)n1. The molecule has 2 atom stereocenters. The predicted molar refractivity (Wildman–Crippen MR) is 89.4 cm³/mol. The topological polar surface area (TPSA) is 62.5 Å². The van der Waals surface area contributed by atoms with Crippen molar-refractivity contribution in [2.24, 2.45) is 17.3 Å². The summed E-state index contributed by atoms with van der Waals surface area (Å²) >= 11 is 0. The van der Waals surface area contributed by atoms with Crippen LogP contribution >= 0.6 is 0 Å². The van der Waals surface area contributed by atoms with Crippen molar-refractivity contribution in [2.45, 2.75) is 45.4 Å². The summed E-state index contributed by atoms with van der Waals surface area (Å²) < 4.78 is 5.59. The molecule has 0 N–H and O–H groups in total. The molecule has 1 saturated carbocycles. The van der Waals surface area contributed by atoms with E-state index in [1.807, 2.05) is 6.92 Å². The van der Waals surface area contributed by atoms with Gasteiger partial charge in [0.05, 0.1) is 5.41 Å². The maximum absolute atomic E-state index is 13.0. The average molecular weight is 332 g/mol. The molecule has 24 heavy (non-hydrogen) atoms. The third kappa shape index (κ3) is 2.46. The fraction of sp³-hybridized carbons (Fsp3) is 0.833. The standard InChI is InChI=1S/C18H28N4O2/c1-12-19-16(24-20-12)18-5-6-21(4)9-14(18)10-22(11-18)15(23)13-7-17(2,3)8-13/h13-14H,5-11H2,1-4H3/t14-,18-/m0/s1. The molecule has 0 aromatic carbocycles. The molecule has 3 heterocycles. The van der Waals surface area contributed by atoms with Gasteiger partial charge in [0.15, 0.2) is 5.82 Å². The Balaban J connectivity index is 1.57. The second-order valence-electron chi connectivity index (χ2n) is 9.00. The summed E-state index contributed by atoms with van der Waals surface area (Å²) in [6.07, 6.45) is 3.01. The van der Waals surface area contributed by atoms with Crippen molar-refractivity contribution in [3.8, 4) is 0 Å². The van der Waals surface area contributed by atoms with Gasteiger partial charge in [-0.15, -0.1) is 0 Å². The van der Waals surface area contributed by atoms with E-state index in [0.29, 0.717) is 23.1 Å². The number of hydrogen-bond acceptors (Lipinski definition) is 5. The Labute approximate surface area is 143 Å². The Morgan fingerprint density at radius 1 is 1.29 bits per heavy atom. The summed E-state index contributed by atoms with van der Waals surface area (Å²) in [5.41, 5.74) is 0.178. The Morgan fingerprint density at radius 3 is 2.67 bits per heavy atom. The highest BCUT2D eigenvalue weighted by Gasteiger charge is 2.56. The number of carbonyl (C=O) groups excluding carboxylic acids is 1. The van der Waals surface area contributed by atoms with Crippen molar-refractivity contribution >= 4 is 5.91 Å². The molecule has 2 saturated heterocycles. The summed E-state index contributed by atoms with van der Waals surface area (Å²) in [6, 6.07) is 0.